The fourth-order valence-corrected chi connectivity index (χ4v) is 4.21. The Balaban J connectivity index is 3.19. The van der Waals surface area contributed by atoms with E-state index in [9.17, 15) is 13.2 Å². The predicted molar refractivity (Wildman–Crippen MR) is 74.3 cm³/mol. The van der Waals surface area contributed by atoms with Gasteiger partial charge in [0.05, 0.1) is 28.2 Å². The summed E-state index contributed by atoms with van der Waals surface area (Å²) >= 11 is 11.6. The van der Waals surface area contributed by atoms with Gasteiger partial charge in [-0.3, -0.25) is 4.79 Å². The van der Waals surface area contributed by atoms with Gasteiger partial charge in [-0.1, -0.05) is 23.2 Å². The average molecular weight is 325 g/mol. The van der Waals surface area contributed by atoms with Gasteiger partial charge in [0.25, 0.3) is 0 Å². The van der Waals surface area contributed by atoms with E-state index in [2.05, 4.69) is 4.74 Å². The molecule has 0 aromatic heterocycles. The minimum Gasteiger partial charge on any atom is -0.469 e. The minimum atomic E-state index is -3.74. The third-order valence-corrected chi connectivity index (χ3v) is 5.30. The molecule has 0 heterocycles. The van der Waals surface area contributed by atoms with E-state index in [-0.39, 0.29) is 14.9 Å². The quantitative estimate of drug-likeness (QED) is 0.799. The molecule has 19 heavy (non-hydrogen) atoms. The lowest BCUT2D eigenvalue weighted by atomic mass is 9.97. The van der Waals surface area contributed by atoms with Crippen molar-refractivity contribution in [1.82, 2.24) is 0 Å². The lowest BCUT2D eigenvalue weighted by Crippen LogP contribution is -2.33. The van der Waals surface area contributed by atoms with E-state index in [1.165, 1.54) is 39.2 Å². The molecule has 0 saturated carbocycles. The minimum absolute atomic E-state index is 0.0741. The molecule has 4 nitrogen and oxygen atoms in total. The smallest absolute Gasteiger partial charge is 0.312 e. The molecule has 0 atom stereocenters. The van der Waals surface area contributed by atoms with Crippen LogP contribution in [0.2, 0.25) is 10.0 Å². The van der Waals surface area contributed by atoms with E-state index in [4.69, 9.17) is 23.2 Å². The van der Waals surface area contributed by atoms with E-state index in [1.54, 1.807) is 0 Å². The molecule has 1 aromatic carbocycles. The van der Waals surface area contributed by atoms with Crippen LogP contribution in [0.5, 0.6) is 0 Å². The van der Waals surface area contributed by atoms with Crippen LogP contribution in [-0.4, -0.2) is 27.2 Å². The molecule has 0 amide bonds. The number of carbonyl (C=O) groups excluding carboxylic acids is 1. The first-order chi connectivity index (χ1) is 8.60. The monoisotopic (exact) mass is 324 g/mol. The highest BCUT2D eigenvalue weighted by Gasteiger charge is 2.36. The van der Waals surface area contributed by atoms with Gasteiger partial charge in [0.15, 0.2) is 9.84 Å². The number of benzene rings is 1. The highest BCUT2D eigenvalue weighted by atomic mass is 35.5. The van der Waals surface area contributed by atoms with Crippen LogP contribution in [0.15, 0.2) is 23.1 Å². The normalized spacial score (nSPS) is 12.3. The molecule has 1 aromatic rings. The standard InChI is InChI=1S/C12H14Cl2O4S/c1-12(2,11(15)18-3)7-19(16,17)10-6-8(13)4-5-9(10)14/h4-6H,7H2,1-3H3. The van der Waals surface area contributed by atoms with Crippen molar-refractivity contribution in [1.29, 1.82) is 0 Å². The van der Waals surface area contributed by atoms with Gasteiger partial charge in [0.2, 0.25) is 0 Å². The number of hydrogen-bond donors (Lipinski definition) is 0. The Hall–Kier alpha value is -0.780. The second kappa shape index (κ2) is 5.69. The topological polar surface area (TPSA) is 60.4 Å². The van der Waals surface area contributed by atoms with Gasteiger partial charge in [-0.15, -0.1) is 0 Å². The summed E-state index contributed by atoms with van der Waals surface area (Å²) in [6.45, 7) is 2.99. The lowest BCUT2D eigenvalue weighted by Gasteiger charge is -2.21. The SMILES string of the molecule is COC(=O)C(C)(C)CS(=O)(=O)c1cc(Cl)ccc1Cl. The van der Waals surface area contributed by atoms with Crippen molar-refractivity contribution < 1.29 is 17.9 Å². The summed E-state index contributed by atoms with van der Waals surface area (Å²) in [6.07, 6.45) is 0. The second-order valence-electron chi connectivity index (χ2n) is 4.71. The van der Waals surface area contributed by atoms with Crippen LogP contribution in [0.3, 0.4) is 0 Å². The van der Waals surface area contributed by atoms with Crippen LogP contribution in [-0.2, 0) is 19.4 Å². The molecule has 0 spiro atoms. The molecule has 0 aliphatic heterocycles. The van der Waals surface area contributed by atoms with Gasteiger partial charge in [-0.25, -0.2) is 8.42 Å². The number of methoxy groups -OCH3 is 1. The van der Waals surface area contributed by atoms with Gasteiger partial charge in [0.1, 0.15) is 0 Å². The molecule has 0 radical (unpaired) electrons. The van der Waals surface area contributed by atoms with Gasteiger partial charge in [-0.2, -0.15) is 0 Å². The van der Waals surface area contributed by atoms with E-state index >= 15 is 0 Å². The zero-order valence-corrected chi connectivity index (χ0v) is 13.1. The molecule has 7 heteroatoms. The largest absolute Gasteiger partial charge is 0.469 e. The van der Waals surface area contributed by atoms with Gasteiger partial charge in [-0.05, 0) is 32.0 Å². The van der Waals surface area contributed by atoms with E-state index in [0.29, 0.717) is 0 Å². The summed E-state index contributed by atoms with van der Waals surface area (Å²) < 4.78 is 29.2. The average Bonchev–Trinajstić information content (AvgIpc) is 2.29. The Bertz CT molecular complexity index is 594. The van der Waals surface area contributed by atoms with Crippen LogP contribution in [0, 0.1) is 5.41 Å². The lowest BCUT2D eigenvalue weighted by molar-refractivity contribution is -0.149. The molecular weight excluding hydrogens is 311 g/mol. The number of esters is 1. The van der Waals surface area contributed by atoms with Crippen LogP contribution in [0.25, 0.3) is 0 Å². The highest BCUT2D eigenvalue weighted by Crippen LogP contribution is 2.30. The number of rotatable bonds is 4. The van der Waals surface area contributed by atoms with Crippen LogP contribution >= 0.6 is 23.2 Å². The molecule has 0 unspecified atom stereocenters. The van der Waals surface area contributed by atoms with E-state index < -0.39 is 27.0 Å². The Labute approximate surface area is 122 Å². The number of sulfone groups is 1. The van der Waals surface area contributed by atoms with Crippen molar-refractivity contribution >= 4 is 39.0 Å². The maximum absolute atomic E-state index is 12.3. The summed E-state index contributed by atoms with van der Waals surface area (Å²) in [7, 11) is -2.53. The molecule has 0 aliphatic rings. The Morgan fingerprint density at radius 3 is 2.42 bits per heavy atom. The highest BCUT2D eigenvalue weighted by molar-refractivity contribution is 7.91. The summed E-state index contributed by atoms with van der Waals surface area (Å²) in [6, 6.07) is 4.17. The van der Waals surface area contributed by atoms with Crippen LogP contribution < -0.4 is 0 Å². The van der Waals surface area contributed by atoms with Crippen molar-refractivity contribution in [3.63, 3.8) is 0 Å². The molecular formula is C12H14Cl2O4S. The zero-order chi connectivity index (χ0) is 14.8. The van der Waals surface area contributed by atoms with Gasteiger partial charge < -0.3 is 4.74 Å². The number of carbonyl (C=O) groups is 1. The summed E-state index contributed by atoms with van der Waals surface area (Å²) in [5.41, 5.74) is -1.17. The number of halogens is 2. The zero-order valence-electron chi connectivity index (χ0n) is 10.7. The Morgan fingerprint density at radius 1 is 1.32 bits per heavy atom. The van der Waals surface area contributed by atoms with Gasteiger partial charge in [0, 0.05) is 5.02 Å². The summed E-state index contributed by atoms with van der Waals surface area (Å²) in [5, 5.41) is 0.337. The van der Waals surface area contributed by atoms with Crippen molar-refractivity contribution in [2.75, 3.05) is 12.9 Å². The summed E-state index contributed by atoms with van der Waals surface area (Å²) in [5.74, 6) is -1.01. The van der Waals surface area contributed by atoms with Crippen molar-refractivity contribution in [3.05, 3.63) is 28.2 Å². The first-order valence-corrected chi connectivity index (χ1v) is 7.77. The third kappa shape index (κ3) is 3.84. The number of ether oxygens (including phenoxy) is 1. The molecule has 0 fully saturated rings. The molecule has 0 aliphatic carbocycles. The Morgan fingerprint density at radius 2 is 1.89 bits per heavy atom. The molecule has 0 saturated heterocycles. The molecule has 0 N–H and O–H groups in total. The first-order valence-electron chi connectivity index (χ1n) is 5.36. The van der Waals surface area contributed by atoms with E-state index in [1.807, 2.05) is 0 Å². The number of hydrogen-bond acceptors (Lipinski definition) is 4. The van der Waals surface area contributed by atoms with Crippen LogP contribution in [0.4, 0.5) is 0 Å². The van der Waals surface area contributed by atoms with Gasteiger partial charge >= 0.3 is 5.97 Å². The van der Waals surface area contributed by atoms with Crippen molar-refractivity contribution in [3.8, 4) is 0 Å². The maximum Gasteiger partial charge on any atom is 0.312 e. The summed E-state index contributed by atoms with van der Waals surface area (Å²) in [4.78, 5) is 11.5. The van der Waals surface area contributed by atoms with E-state index in [0.717, 1.165) is 0 Å². The molecule has 106 valence electrons. The maximum atomic E-state index is 12.3. The van der Waals surface area contributed by atoms with Crippen molar-refractivity contribution in [2.24, 2.45) is 5.41 Å². The fourth-order valence-electron chi connectivity index (χ4n) is 1.60. The Kier molecular flexibility index (Phi) is 4.87. The molecule has 0 bridgehead atoms. The predicted octanol–water partition coefficient (Wildman–Crippen LogP) is 2.97. The second-order valence-corrected chi connectivity index (χ2v) is 7.51. The molecule has 1 rings (SSSR count). The first kappa shape index (κ1) is 16.3. The third-order valence-electron chi connectivity index (χ3n) is 2.52. The van der Waals surface area contributed by atoms with Crippen LogP contribution in [0.1, 0.15) is 13.8 Å². The fraction of sp³-hybridized carbons (Fsp3) is 0.417. The van der Waals surface area contributed by atoms with Crippen molar-refractivity contribution in [2.45, 2.75) is 18.7 Å².